The molecule has 0 aliphatic carbocycles. The summed E-state index contributed by atoms with van der Waals surface area (Å²) < 4.78 is 32.3. The van der Waals surface area contributed by atoms with Gasteiger partial charge >= 0.3 is 0 Å². The molecule has 2 aromatic carbocycles. The lowest BCUT2D eigenvalue weighted by Crippen LogP contribution is -2.25. The molecule has 0 bridgehead atoms. The fraction of sp³-hybridized carbons (Fsp3) is 0.176. The lowest BCUT2D eigenvalue weighted by atomic mass is 9.88. The van der Waals surface area contributed by atoms with Crippen molar-refractivity contribution in [3.63, 3.8) is 0 Å². The lowest BCUT2D eigenvalue weighted by molar-refractivity contribution is 0.0541. The van der Waals surface area contributed by atoms with E-state index in [0.29, 0.717) is 23.0 Å². The van der Waals surface area contributed by atoms with Crippen molar-refractivity contribution < 1.29 is 18.3 Å². The molecule has 3 aromatic rings. The van der Waals surface area contributed by atoms with Gasteiger partial charge in [-0.2, -0.15) is 0 Å². The lowest BCUT2D eigenvalue weighted by Gasteiger charge is -2.25. The number of rotatable bonds is 3. The molecule has 1 unspecified atom stereocenters. The van der Waals surface area contributed by atoms with Crippen LogP contribution >= 0.6 is 0 Å². The largest absolute Gasteiger partial charge is 0.458 e. The Morgan fingerprint density at radius 2 is 1.81 bits per heavy atom. The van der Waals surface area contributed by atoms with E-state index in [1.165, 1.54) is 36.4 Å². The summed E-state index contributed by atoms with van der Waals surface area (Å²) in [7, 11) is 0. The Morgan fingerprint density at radius 3 is 2.52 bits per heavy atom. The molecule has 2 nitrogen and oxygen atoms in total. The molecule has 0 amide bonds. The van der Waals surface area contributed by atoms with Crippen molar-refractivity contribution in [3.05, 3.63) is 71.5 Å². The molecule has 0 aliphatic rings. The molecule has 0 spiro atoms. The third-order valence-electron chi connectivity index (χ3n) is 3.70. The summed E-state index contributed by atoms with van der Waals surface area (Å²) in [6.07, 6.45) is 0.304. The van der Waals surface area contributed by atoms with Crippen LogP contribution in [-0.2, 0) is 5.60 Å². The van der Waals surface area contributed by atoms with Gasteiger partial charge in [0.2, 0.25) is 0 Å². The van der Waals surface area contributed by atoms with E-state index in [9.17, 15) is 13.9 Å². The van der Waals surface area contributed by atoms with E-state index in [1.807, 2.05) is 0 Å². The first-order valence-corrected chi connectivity index (χ1v) is 6.71. The van der Waals surface area contributed by atoms with Crippen molar-refractivity contribution in [2.24, 2.45) is 0 Å². The number of furan rings is 1. The fourth-order valence-corrected chi connectivity index (χ4v) is 2.48. The zero-order valence-electron chi connectivity index (χ0n) is 11.4. The molecule has 0 saturated carbocycles. The summed E-state index contributed by atoms with van der Waals surface area (Å²) in [6.45, 7) is 1.78. The quantitative estimate of drug-likeness (QED) is 0.777. The highest BCUT2D eigenvalue weighted by atomic mass is 19.1. The van der Waals surface area contributed by atoms with Crippen LogP contribution in [0.3, 0.4) is 0 Å². The zero-order valence-corrected chi connectivity index (χ0v) is 11.4. The highest BCUT2D eigenvalue weighted by molar-refractivity contribution is 5.78. The van der Waals surface area contributed by atoms with Crippen LogP contribution in [0.1, 0.15) is 24.7 Å². The Kier molecular flexibility index (Phi) is 3.26. The molecule has 1 atom stereocenters. The predicted octanol–water partition coefficient (Wildman–Crippen LogP) is 4.36. The summed E-state index contributed by atoms with van der Waals surface area (Å²) in [4.78, 5) is 0. The molecule has 1 aromatic heterocycles. The Labute approximate surface area is 120 Å². The van der Waals surface area contributed by atoms with Crippen LogP contribution in [0.2, 0.25) is 0 Å². The summed E-state index contributed by atoms with van der Waals surface area (Å²) >= 11 is 0. The highest BCUT2D eigenvalue weighted by Crippen LogP contribution is 2.36. The average Bonchev–Trinajstić information content (AvgIpc) is 2.89. The summed E-state index contributed by atoms with van der Waals surface area (Å²) in [5, 5.41) is 11.5. The number of aliphatic hydroxyl groups is 1. The van der Waals surface area contributed by atoms with Gasteiger partial charge < -0.3 is 9.52 Å². The monoisotopic (exact) mass is 288 g/mol. The van der Waals surface area contributed by atoms with Crippen molar-refractivity contribution in [1.82, 2.24) is 0 Å². The second-order valence-electron chi connectivity index (χ2n) is 5.02. The molecule has 4 heteroatoms. The SMILES string of the molecule is CCC(O)(c1cccc(F)c1)c1cc2cc(F)ccc2o1. The van der Waals surface area contributed by atoms with Gasteiger partial charge in [-0.1, -0.05) is 19.1 Å². The third-order valence-corrected chi connectivity index (χ3v) is 3.70. The normalized spacial score (nSPS) is 14.3. The molecule has 21 heavy (non-hydrogen) atoms. The van der Waals surface area contributed by atoms with Gasteiger partial charge in [0, 0.05) is 5.39 Å². The molecule has 0 aliphatic heterocycles. The van der Waals surface area contributed by atoms with Crippen LogP contribution in [-0.4, -0.2) is 5.11 Å². The average molecular weight is 288 g/mol. The highest BCUT2D eigenvalue weighted by Gasteiger charge is 2.33. The molecule has 0 fully saturated rings. The van der Waals surface area contributed by atoms with Crippen molar-refractivity contribution >= 4 is 11.0 Å². The Morgan fingerprint density at radius 1 is 1.05 bits per heavy atom. The molecule has 108 valence electrons. The molecule has 0 saturated heterocycles. The van der Waals surface area contributed by atoms with E-state index in [2.05, 4.69) is 0 Å². The molecule has 3 rings (SSSR count). The van der Waals surface area contributed by atoms with Crippen LogP contribution in [0.15, 0.2) is 52.9 Å². The van der Waals surface area contributed by atoms with Gasteiger partial charge in [0.05, 0.1) is 0 Å². The molecular formula is C17H14F2O2. The standard InChI is InChI=1S/C17H14F2O2/c1-2-17(20,12-4-3-5-13(18)10-12)16-9-11-8-14(19)6-7-15(11)21-16/h3-10,20H,2H2,1H3. The molecule has 0 radical (unpaired) electrons. The maximum Gasteiger partial charge on any atom is 0.147 e. The third kappa shape index (κ3) is 2.32. The van der Waals surface area contributed by atoms with Gasteiger partial charge in [-0.15, -0.1) is 0 Å². The minimum Gasteiger partial charge on any atom is -0.458 e. The number of hydrogen-bond donors (Lipinski definition) is 1. The van der Waals surface area contributed by atoms with Gasteiger partial charge in [-0.05, 0) is 48.4 Å². The Balaban J connectivity index is 2.16. The minimum absolute atomic E-state index is 0.274. The molecular weight excluding hydrogens is 274 g/mol. The van der Waals surface area contributed by atoms with E-state index in [1.54, 1.807) is 19.1 Å². The maximum atomic E-state index is 13.4. The maximum absolute atomic E-state index is 13.4. The first-order chi connectivity index (χ1) is 10.0. The van der Waals surface area contributed by atoms with Crippen LogP contribution in [0.5, 0.6) is 0 Å². The van der Waals surface area contributed by atoms with Gasteiger partial charge in [-0.25, -0.2) is 8.78 Å². The van der Waals surface area contributed by atoms with E-state index in [0.717, 1.165) is 0 Å². The Bertz CT molecular complexity index is 794. The first kappa shape index (κ1) is 13.8. The second kappa shape index (κ2) is 4.97. The van der Waals surface area contributed by atoms with Crippen LogP contribution in [0.25, 0.3) is 11.0 Å². The van der Waals surface area contributed by atoms with Crippen molar-refractivity contribution in [1.29, 1.82) is 0 Å². The molecule has 1 N–H and O–H groups in total. The van der Waals surface area contributed by atoms with Gasteiger partial charge in [0.25, 0.3) is 0 Å². The van der Waals surface area contributed by atoms with E-state index >= 15 is 0 Å². The van der Waals surface area contributed by atoms with Crippen LogP contribution in [0, 0.1) is 11.6 Å². The van der Waals surface area contributed by atoms with E-state index in [4.69, 9.17) is 4.42 Å². The number of benzene rings is 2. The topological polar surface area (TPSA) is 33.4 Å². The van der Waals surface area contributed by atoms with E-state index < -0.39 is 11.4 Å². The van der Waals surface area contributed by atoms with Crippen LogP contribution in [0.4, 0.5) is 8.78 Å². The first-order valence-electron chi connectivity index (χ1n) is 6.71. The van der Waals surface area contributed by atoms with Crippen molar-refractivity contribution in [3.8, 4) is 0 Å². The van der Waals surface area contributed by atoms with Crippen molar-refractivity contribution in [2.75, 3.05) is 0 Å². The van der Waals surface area contributed by atoms with E-state index in [-0.39, 0.29) is 11.6 Å². The fourth-order valence-electron chi connectivity index (χ4n) is 2.48. The summed E-state index contributed by atoms with van der Waals surface area (Å²) in [5.41, 5.74) is -0.559. The summed E-state index contributed by atoms with van der Waals surface area (Å²) in [5.74, 6) is -0.529. The molecule has 1 heterocycles. The number of fused-ring (bicyclic) bond motifs is 1. The minimum atomic E-state index is -1.45. The van der Waals surface area contributed by atoms with Crippen LogP contribution < -0.4 is 0 Å². The second-order valence-corrected chi connectivity index (χ2v) is 5.02. The van der Waals surface area contributed by atoms with Gasteiger partial charge in [-0.3, -0.25) is 0 Å². The Hall–Kier alpha value is -2.20. The van der Waals surface area contributed by atoms with Gasteiger partial charge in [0.15, 0.2) is 0 Å². The number of halogens is 2. The smallest absolute Gasteiger partial charge is 0.147 e. The summed E-state index contributed by atoms with van der Waals surface area (Å²) in [6, 6.07) is 11.5. The van der Waals surface area contributed by atoms with Crippen molar-refractivity contribution in [2.45, 2.75) is 18.9 Å². The predicted molar refractivity (Wildman–Crippen MR) is 75.9 cm³/mol. The zero-order chi connectivity index (χ0) is 15.0. The van der Waals surface area contributed by atoms with Gasteiger partial charge in [0.1, 0.15) is 28.6 Å². The number of hydrogen-bond acceptors (Lipinski definition) is 2.